The molecule has 0 radical (unpaired) electrons. The summed E-state index contributed by atoms with van der Waals surface area (Å²) in [7, 11) is 0. The Labute approximate surface area is 135 Å². The summed E-state index contributed by atoms with van der Waals surface area (Å²) in [6, 6.07) is 3.77. The zero-order valence-corrected chi connectivity index (χ0v) is 13.2. The van der Waals surface area contributed by atoms with E-state index in [0.717, 1.165) is 6.42 Å². The Hall–Kier alpha value is -1.42. The Morgan fingerprint density at radius 1 is 1.14 bits per heavy atom. The molecule has 1 amide bonds. The van der Waals surface area contributed by atoms with E-state index in [1.54, 1.807) is 12.1 Å². The van der Waals surface area contributed by atoms with Gasteiger partial charge >= 0.3 is 0 Å². The summed E-state index contributed by atoms with van der Waals surface area (Å²) in [4.78, 5) is 12.6. The molecule has 4 rings (SSSR count). The van der Waals surface area contributed by atoms with Gasteiger partial charge in [-0.25, -0.2) is 0 Å². The number of carbonyl (C=O) groups is 1. The maximum Gasteiger partial charge on any atom is 0.251 e. The summed E-state index contributed by atoms with van der Waals surface area (Å²) < 4.78 is 11.3. The second-order valence-corrected chi connectivity index (χ2v) is 6.92. The summed E-state index contributed by atoms with van der Waals surface area (Å²) in [5, 5.41) is 3.66. The van der Waals surface area contributed by atoms with Crippen molar-refractivity contribution >= 4 is 17.5 Å². The fourth-order valence-corrected chi connectivity index (χ4v) is 3.39. The second kappa shape index (κ2) is 5.65. The Kier molecular flexibility index (Phi) is 3.65. The molecule has 4 nitrogen and oxygen atoms in total. The molecule has 1 N–H and O–H groups in total. The molecule has 0 saturated heterocycles. The number of fused-ring (bicyclic) bond motifs is 1. The first-order valence-electron chi connectivity index (χ1n) is 8.12. The molecule has 0 bridgehead atoms. The number of ether oxygens (including phenoxy) is 2. The van der Waals surface area contributed by atoms with Gasteiger partial charge in [-0.3, -0.25) is 4.79 Å². The molecule has 1 aromatic carbocycles. The molecule has 2 saturated carbocycles. The lowest BCUT2D eigenvalue weighted by atomic mass is 10.1. The van der Waals surface area contributed by atoms with Crippen LogP contribution in [0.25, 0.3) is 0 Å². The van der Waals surface area contributed by atoms with Crippen molar-refractivity contribution in [3.63, 3.8) is 0 Å². The Balaban J connectivity index is 1.55. The molecule has 5 heteroatoms. The molecule has 0 spiro atoms. The zero-order valence-electron chi connectivity index (χ0n) is 12.4. The van der Waals surface area contributed by atoms with E-state index in [9.17, 15) is 4.79 Å². The van der Waals surface area contributed by atoms with Crippen molar-refractivity contribution in [2.75, 3.05) is 13.2 Å². The summed E-state index contributed by atoms with van der Waals surface area (Å²) in [6.07, 6.45) is 5.78. The predicted octanol–water partition coefficient (Wildman–Crippen LogP) is 3.42. The number of hydrogen-bond donors (Lipinski definition) is 1. The highest BCUT2D eigenvalue weighted by Crippen LogP contribution is 2.45. The number of hydrogen-bond acceptors (Lipinski definition) is 3. The largest absolute Gasteiger partial charge is 0.489 e. The van der Waals surface area contributed by atoms with Crippen LogP contribution < -0.4 is 14.8 Å². The third-order valence-corrected chi connectivity index (χ3v) is 4.90. The first-order chi connectivity index (χ1) is 10.7. The van der Waals surface area contributed by atoms with Crippen molar-refractivity contribution in [3.05, 3.63) is 22.7 Å². The SMILES string of the molecule is O=C(NC(C1CC1)C1CC1)c1cc(Cl)c2c(c1)OCCCO2. The molecule has 1 aromatic rings. The Bertz CT molecular complexity index is 584. The lowest BCUT2D eigenvalue weighted by Crippen LogP contribution is -2.38. The average molecular weight is 322 g/mol. The van der Waals surface area contributed by atoms with Crippen LogP contribution in [0, 0.1) is 11.8 Å². The van der Waals surface area contributed by atoms with E-state index in [1.165, 1.54) is 25.7 Å². The van der Waals surface area contributed by atoms with Gasteiger partial charge in [0.25, 0.3) is 5.91 Å². The molecular formula is C17H20ClNO3. The lowest BCUT2D eigenvalue weighted by molar-refractivity contribution is 0.0926. The van der Waals surface area contributed by atoms with Crippen LogP contribution in [0.3, 0.4) is 0 Å². The van der Waals surface area contributed by atoms with Crippen molar-refractivity contribution in [2.24, 2.45) is 11.8 Å². The van der Waals surface area contributed by atoms with Gasteiger partial charge in [0, 0.05) is 18.0 Å². The number of amides is 1. The third-order valence-electron chi connectivity index (χ3n) is 4.62. The van der Waals surface area contributed by atoms with Crippen LogP contribution in [0.1, 0.15) is 42.5 Å². The fourth-order valence-electron chi connectivity index (χ4n) is 3.13. The molecule has 3 aliphatic rings. The second-order valence-electron chi connectivity index (χ2n) is 6.51. The standard InChI is InChI=1S/C17H20ClNO3/c18-13-8-12(9-14-16(13)22-7-1-6-21-14)17(20)19-15(10-2-3-10)11-4-5-11/h8-11,15H,1-7H2,(H,19,20). The Morgan fingerprint density at radius 3 is 2.50 bits per heavy atom. The molecule has 1 heterocycles. The average Bonchev–Trinajstić information content (AvgIpc) is 3.40. The van der Waals surface area contributed by atoms with Crippen LogP contribution in [0.2, 0.25) is 5.02 Å². The zero-order chi connectivity index (χ0) is 15.1. The van der Waals surface area contributed by atoms with E-state index in [2.05, 4.69) is 5.32 Å². The molecule has 0 aromatic heterocycles. The quantitative estimate of drug-likeness (QED) is 0.924. The van der Waals surface area contributed by atoms with Crippen LogP contribution in [0.4, 0.5) is 0 Å². The van der Waals surface area contributed by atoms with E-state index in [-0.39, 0.29) is 5.91 Å². The van der Waals surface area contributed by atoms with Crippen LogP contribution >= 0.6 is 11.6 Å². The normalized spacial score (nSPS) is 20.6. The van der Waals surface area contributed by atoms with Gasteiger partial charge < -0.3 is 14.8 Å². The molecule has 22 heavy (non-hydrogen) atoms. The van der Waals surface area contributed by atoms with Gasteiger partial charge in [0.05, 0.1) is 18.2 Å². The predicted molar refractivity (Wildman–Crippen MR) is 83.8 cm³/mol. The van der Waals surface area contributed by atoms with Crippen LogP contribution in [-0.2, 0) is 0 Å². The maximum atomic E-state index is 12.6. The number of halogens is 1. The van der Waals surface area contributed by atoms with Gasteiger partial charge in [-0.15, -0.1) is 0 Å². The molecule has 0 unspecified atom stereocenters. The van der Waals surface area contributed by atoms with E-state index in [4.69, 9.17) is 21.1 Å². The molecule has 1 aliphatic heterocycles. The number of rotatable bonds is 4. The summed E-state index contributed by atoms with van der Waals surface area (Å²) >= 11 is 6.27. The summed E-state index contributed by atoms with van der Waals surface area (Å²) in [6.45, 7) is 1.17. The summed E-state index contributed by atoms with van der Waals surface area (Å²) in [5.74, 6) is 2.42. The van der Waals surface area contributed by atoms with E-state index in [0.29, 0.717) is 53.2 Å². The smallest absolute Gasteiger partial charge is 0.251 e. The fraction of sp³-hybridized carbons (Fsp3) is 0.588. The highest BCUT2D eigenvalue weighted by molar-refractivity contribution is 6.32. The molecule has 118 valence electrons. The van der Waals surface area contributed by atoms with Crippen molar-refractivity contribution in [1.82, 2.24) is 5.32 Å². The van der Waals surface area contributed by atoms with Gasteiger partial charge in [0.15, 0.2) is 11.5 Å². The van der Waals surface area contributed by atoms with Crippen molar-refractivity contribution in [3.8, 4) is 11.5 Å². The van der Waals surface area contributed by atoms with Crippen molar-refractivity contribution in [1.29, 1.82) is 0 Å². The monoisotopic (exact) mass is 321 g/mol. The van der Waals surface area contributed by atoms with E-state index < -0.39 is 0 Å². The highest BCUT2D eigenvalue weighted by Gasteiger charge is 2.42. The van der Waals surface area contributed by atoms with E-state index in [1.807, 2.05) is 0 Å². The number of benzene rings is 1. The molecule has 2 fully saturated rings. The van der Waals surface area contributed by atoms with Gasteiger partial charge in [-0.1, -0.05) is 11.6 Å². The van der Waals surface area contributed by atoms with Gasteiger partial charge in [-0.05, 0) is 49.7 Å². The van der Waals surface area contributed by atoms with Crippen molar-refractivity contribution in [2.45, 2.75) is 38.1 Å². The Morgan fingerprint density at radius 2 is 1.82 bits per heavy atom. The van der Waals surface area contributed by atoms with Crippen LogP contribution in [-0.4, -0.2) is 25.2 Å². The highest BCUT2D eigenvalue weighted by atomic mass is 35.5. The molecule has 0 atom stereocenters. The molecule has 2 aliphatic carbocycles. The summed E-state index contributed by atoms with van der Waals surface area (Å²) in [5.41, 5.74) is 0.556. The van der Waals surface area contributed by atoms with Crippen LogP contribution in [0.15, 0.2) is 12.1 Å². The minimum absolute atomic E-state index is 0.0543. The number of carbonyl (C=O) groups excluding carboxylic acids is 1. The van der Waals surface area contributed by atoms with Gasteiger partial charge in [0.1, 0.15) is 0 Å². The topological polar surface area (TPSA) is 47.6 Å². The minimum atomic E-state index is -0.0543. The first kappa shape index (κ1) is 14.2. The third kappa shape index (κ3) is 2.89. The molecular weight excluding hydrogens is 302 g/mol. The maximum absolute atomic E-state index is 12.6. The first-order valence-corrected chi connectivity index (χ1v) is 8.50. The van der Waals surface area contributed by atoms with Gasteiger partial charge in [0.2, 0.25) is 0 Å². The van der Waals surface area contributed by atoms with Crippen LogP contribution in [0.5, 0.6) is 11.5 Å². The minimum Gasteiger partial charge on any atom is -0.489 e. The van der Waals surface area contributed by atoms with Gasteiger partial charge in [-0.2, -0.15) is 0 Å². The lowest BCUT2D eigenvalue weighted by Gasteiger charge is -2.18. The van der Waals surface area contributed by atoms with E-state index >= 15 is 0 Å². The van der Waals surface area contributed by atoms with Crippen molar-refractivity contribution < 1.29 is 14.3 Å². The number of nitrogens with one attached hydrogen (secondary N) is 1.